The first-order valence-electron chi connectivity index (χ1n) is 7.02. The molecule has 0 aliphatic carbocycles. The molecule has 2 heterocycles. The highest BCUT2D eigenvalue weighted by atomic mass is 15.1. The van der Waals surface area contributed by atoms with Crippen molar-refractivity contribution in [1.82, 2.24) is 19.4 Å². The molecule has 0 unspecified atom stereocenters. The Morgan fingerprint density at radius 1 is 1.25 bits per heavy atom. The molecule has 0 saturated carbocycles. The van der Waals surface area contributed by atoms with E-state index < -0.39 is 0 Å². The van der Waals surface area contributed by atoms with Gasteiger partial charge in [-0.3, -0.25) is 4.90 Å². The molecule has 2 aromatic heterocycles. The van der Waals surface area contributed by atoms with Crippen LogP contribution in [0.25, 0.3) is 0 Å². The Bertz CT molecular complexity index is 535. The standard InChI is InChI=1S/C15H23N5/c1-4-6-16-14-10-13(5-7-17-14)11-19(2)12-15-18-8-9-20(15)3/h5,7-10H,4,6,11-12H2,1-3H3,(H,16,17). The molecule has 0 aromatic carbocycles. The summed E-state index contributed by atoms with van der Waals surface area (Å²) in [5.41, 5.74) is 1.26. The topological polar surface area (TPSA) is 46.0 Å². The van der Waals surface area contributed by atoms with Gasteiger partial charge in [0.2, 0.25) is 0 Å². The molecule has 0 bridgehead atoms. The lowest BCUT2D eigenvalue weighted by Crippen LogP contribution is -2.19. The van der Waals surface area contributed by atoms with Gasteiger partial charge < -0.3 is 9.88 Å². The van der Waals surface area contributed by atoms with Gasteiger partial charge in [-0.2, -0.15) is 0 Å². The highest BCUT2D eigenvalue weighted by Crippen LogP contribution is 2.10. The van der Waals surface area contributed by atoms with E-state index in [1.54, 1.807) is 0 Å². The number of rotatable bonds is 7. The summed E-state index contributed by atoms with van der Waals surface area (Å²) in [5.74, 6) is 2.03. The van der Waals surface area contributed by atoms with Crippen molar-refractivity contribution in [3.8, 4) is 0 Å². The summed E-state index contributed by atoms with van der Waals surface area (Å²) in [6.45, 7) is 4.83. The lowest BCUT2D eigenvalue weighted by Gasteiger charge is -2.17. The van der Waals surface area contributed by atoms with Gasteiger partial charge in [-0.25, -0.2) is 9.97 Å². The predicted octanol–water partition coefficient (Wildman–Crippen LogP) is 2.27. The number of pyridine rings is 1. The molecule has 0 radical (unpaired) electrons. The SMILES string of the molecule is CCCNc1cc(CN(C)Cc2nccn2C)ccn1. The molecule has 5 nitrogen and oxygen atoms in total. The van der Waals surface area contributed by atoms with Crippen molar-refractivity contribution >= 4 is 5.82 Å². The van der Waals surface area contributed by atoms with Crippen LogP contribution in [-0.4, -0.2) is 33.0 Å². The Morgan fingerprint density at radius 2 is 2.10 bits per heavy atom. The maximum absolute atomic E-state index is 4.35. The van der Waals surface area contributed by atoms with E-state index in [0.29, 0.717) is 0 Å². The van der Waals surface area contributed by atoms with Crippen LogP contribution in [0.5, 0.6) is 0 Å². The molecule has 0 amide bonds. The summed E-state index contributed by atoms with van der Waals surface area (Å²) in [6, 6.07) is 4.18. The number of aryl methyl sites for hydroxylation is 1. The molecule has 0 spiro atoms. The van der Waals surface area contributed by atoms with E-state index in [1.807, 2.05) is 25.6 Å². The Hall–Kier alpha value is -1.88. The molecule has 0 fully saturated rings. The zero-order chi connectivity index (χ0) is 14.4. The van der Waals surface area contributed by atoms with Crippen LogP contribution in [0.3, 0.4) is 0 Å². The van der Waals surface area contributed by atoms with Gasteiger partial charge in [-0.1, -0.05) is 6.92 Å². The third kappa shape index (κ3) is 4.06. The lowest BCUT2D eigenvalue weighted by molar-refractivity contribution is 0.307. The van der Waals surface area contributed by atoms with Crippen molar-refractivity contribution in [3.63, 3.8) is 0 Å². The molecule has 0 aliphatic heterocycles. The minimum Gasteiger partial charge on any atom is -0.370 e. The monoisotopic (exact) mass is 273 g/mol. The van der Waals surface area contributed by atoms with E-state index in [2.05, 4.69) is 50.9 Å². The first kappa shape index (κ1) is 14.5. The average molecular weight is 273 g/mol. The molecule has 5 heteroatoms. The van der Waals surface area contributed by atoms with Gasteiger partial charge in [0.25, 0.3) is 0 Å². The van der Waals surface area contributed by atoms with Crippen LogP contribution in [0.4, 0.5) is 5.82 Å². The van der Waals surface area contributed by atoms with E-state index in [1.165, 1.54) is 5.56 Å². The third-order valence-electron chi connectivity index (χ3n) is 3.17. The maximum atomic E-state index is 4.35. The minimum absolute atomic E-state index is 0.837. The Balaban J connectivity index is 1.93. The van der Waals surface area contributed by atoms with Crippen molar-refractivity contribution in [2.75, 3.05) is 18.9 Å². The van der Waals surface area contributed by atoms with Crippen molar-refractivity contribution in [1.29, 1.82) is 0 Å². The van der Waals surface area contributed by atoms with Gasteiger partial charge in [-0.15, -0.1) is 0 Å². The summed E-state index contributed by atoms with van der Waals surface area (Å²) in [4.78, 5) is 10.9. The first-order valence-corrected chi connectivity index (χ1v) is 7.02. The first-order chi connectivity index (χ1) is 9.69. The summed E-state index contributed by atoms with van der Waals surface area (Å²) in [7, 11) is 4.13. The fraction of sp³-hybridized carbons (Fsp3) is 0.467. The summed E-state index contributed by atoms with van der Waals surface area (Å²) in [5, 5.41) is 3.32. The zero-order valence-electron chi connectivity index (χ0n) is 12.5. The molecule has 1 N–H and O–H groups in total. The summed E-state index contributed by atoms with van der Waals surface area (Å²) in [6.07, 6.45) is 6.78. The molecular weight excluding hydrogens is 250 g/mol. The smallest absolute Gasteiger partial charge is 0.126 e. The van der Waals surface area contributed by atoms with E-state index in [0.717, 1.165) is 37.7 Å². The second-order valence-corrected chi connectivity index (χ2v) is 5.10. The Kier molecular flexibility index (Phi) is 5.12. The van der Waals surface area contributed by atoms with Crippen molar-refractivity contribution < 1.29 is 0 Å². The number of imidazole rings is 1. The molecule has 2 rings (SSSR count). The highest BCUT2D eigenvalue weighted by molar-refractivity contribution is 5.37. The molecule has 2 aromatic rings. The fourth-order valence-electron chi connectivity index (χ4n) is 2.08. The third-order valence-corrected chi connectivity index (χ3v) is 3.17. The second-order valence-electron chi connectivity index (χ2n) is 5.10. The second kappa shape index (κ2) is 7.05. The van der Waals surface area contributed by atoms with Crippen LogP contribution >= 0.6 is 0 Å². The van der Waals surface area contributed by atoms with Gasteiger partial charge in [0, 0.05) is 38.7 Å². The van der Waals surface area contributed by atoms with Gasteiger partial charge in [0.15, 0.2) is 0 Å². The summed E-state index contributed by atoms with van der Waals surface area (Å²) >= 11 is 0. The van der Waals surface area contributed by atoms with Crippen molar-refractivity contribution in [2.24, 2.45) is 7.05 Å². The van der Waals surface area contributed by atoms with E-state index in [9.17, 15) is 0 Å². The van der Waals surface area contributed by atoms with E-state index in [-0.39, 0.29) is 0 Å². The van der Waals surface area contributed by atoms with Crippen LogP contribution in [0.15, 0.2) is 30.7 Å². The van der Waals surface area contributed by atoms with Crippen molar-refractivity contribution in [2.45, 2.75) is 26.4 Å². The Labute approximate surface area is 120 Å². The van der Waals surface area contributed by atoms with Crippen LogP contribution in [0.1, 0.15) is 24.7 Å². The molecule has 20 heavy (non-hydrogen) atoms. The molecule has 0 aliphatic rings. The van der Waals surface area contributed by atoms with Gasteiger partial charge in [-0.05, 0) is 31.2 Å². The minimum atomic E-state index is 0.837. The lowest BCUT2D eigenvalue weighted by atomic mass is 10.2. The van der Waals surface area contributed by atoms with E-state index in [4.69, 9.17) is 0 Å². The normalized spacial score (nSPS) is 11.0. The van der Waals surface area contributed by atoms with Gasteiger partial charge >= 0.3 is 0 Å². The number of nitrogens with one attached hydrogen (secondary N) is 1. The van der Waals surface area contributed by atoms with Crippen LogP contribution in [0.2, 0.25) is 0 Å². The molecule has 108 valence electrons. The van der Waals surface area contributed by atoms with Crippen LogP contribution in [0, 0.1) is 0 Å². The van der Waals surface area contributed by atoms with Crippen LogP contribution in [-0.2, 0) is 20.1 Å². The van der Waals surface area contributed by atoms with Crippen LogP contribution < -0.4 is 5.32 Å². The number of hydrogen-bond donors (Lipinski definition) is 1. The molecule has 0 atom stereocenters. The quantitative estimate of drug-likeness (QED) is 0.840. The average Bonchev–Trinajstić information content (AvgIpc) is 2.82. The predicted molar refractivity (Wildman–Crippen MR) is 81.4 cm³/mol. The zero-order valence-corrected chi connectivity index (χ0v) is 12.5. The number of hydrogen-bond acceptors (Lipinski definition) is 4. The van der Waals surface area contributed by atoms with E-state index >= 15 is 0 Å². The maximum Gasteiger partial charge on any atom is 0.126 e. The number of nitrogens with zero attached hydrogens (tertiary/aromatic N) is 4. The number of anilines is 1. The highest BCUT2D eigenvalue weighted by Gasteiger charge is 2.06. The Morgan fingerprint density at radius 3 is 2.80 bits per heavy atom. The fourth-order valence-corrected chi connectivity index (χ4v) is 2.08. The molecule has 0 saturated heterocycles. The summed E-state index contributed by atoms with van der Waals surface area (Å²) < 4.78 is 2.05. The number of aromatic nitrogens is 3. The van der Waals surface area contributed by atoms with Gasteiger partial charge in [0.1, 0.15) is 11.6 Å². The van der Waals surface area contributed by atoms with Gasteiger partial charge in [0.05, 0.1) is 6.54 Å². The largest absolute Gasteiger partial charge is 0.370 e. The molecular formula is C15H23N5. The van der Waals surface area contributed by atoms with Crippen molar-refractivity contribution in [3.05, 3.63) is 42.1 Å².